The summed E-state index contributed by atoms with van der Waals surface area (Å²) < 4.78 is 4.74. The lowest BCUT2D eigenvalue weighted by Crippen LogP contribution is -2.26. The molecule has 1 amide bonds. The van der Waals surface area contributed by atoms with E-state index in [1.807, 2.05) is 6.26 Å². The van der Waals surface area contributed by atoms with Crippen LogP contribution in [0.1, 0.15) is 19.8 Å². The first-order chi connectivity index (χ1) is 6.70. The van der Waals surface area contributed by atoms with Gasteiger partial charge in [-0.05, 0) is 19.6 Å². The van der Waals surface area contributed by atoms with Gasteiger partial charge in [-0.3, -0.25) is 9.59 Å². The van der Waals surface area contributed by atoms with Gasteiger partial charge in [0.25, 0.3) is 0 Å². The van der Waals surface area contributed by atoms with E-state index in [4.69, 9.17) is 4.74 Å². The number of hydrogen-bond acceptors (Lipinski definition) is 4. The van der Waals surface area contributed by atoms with Crippen LogP contribution in [0.4, 0.5) is 0 Å². The van der Waals surface area contributed by atoms with Crippen LogP contribution >= 0.6 is 11.8 Å². The van der Waals surface area contributed by atoms with Gasteiger partial charge < -0.3 is 10.1 Å². The number of thioether (sulfide) groups is 1. The lowest BCUT2D eigenvalue weighted by Gasteiger charge is -2.03. The molecule has 0 unspecified atom stereocenters. The minimum absolute atomic E-state index is 0.0151. The molecule has 0 aromatic heterocycles. The van der Waals surface area contributed by atoms with Gasteiger partial charge in [-0.25, -0.2) is 0 Å². The van der Waals surface area contributed by atoms with E-state index in [1.165, 1.54) is 11.8 Å². The van der Waals surface area contributed by atoms with Crippen LogP contribution in [0.25, 0.3) is 0 Å². The zero-order chi connectivity index (χ0) is 10.8. The maximum atomic E-state index is 11.0. The molecule has 0 spiro atoms. The standard InChI is InChI=1S/C9H17NO3S/c1-3-13-9(12)5-4-6-10-8(11)7-14-2/h3-7H2,1-2H3,(H,10,11). The summed E-state index contributed by atoms with van der Waals surface area (Å²) >= 11 is 1.48. The molecule has 0 aliphatic heterocycles. The van der Waals surface area contributed by atoms with E-state index in [1.54, 1.807) is 6.92 Å². The van der Waals surface area contributed by atoms with Gasteiger partial charge in [-0.15, -0.1) is 0 Å². The fourth-order valence-corrected chi connectivity index (χ4v) is 1.24. The third-order valence-electron chi connectivity index (χ3n) is 1.46. The summed E-state index contributed by atoms with van der Waals surface area (Å²) in [5.74, 6) is 0.285. The molecule has 0 aromatic rings. The number of nitrogens with one attached hydrogen (secondary N) is 1. The zero-order valence-electron chi connectivity index (χ0n) is 8.67. The van der Waals surface area contributed by atoms with Crippen LogP contribution in [0.3, 0.4) is 0 Å². The van der Waals surface area contributed by atoms with Gasteiger partial charge in [0, 0.05) is 13.0 Å². The van der Waals surface area contributed by atoms with Crippen LogP contribution in [0.5, 0.6) is 0 Å². The Balaban J connectivity index is 3.28. The molecule has 5 heteroatoms. The first-order valence-electron chi connectivity index (χ1n) is 4.62. The van der Waals surface area contributed by atoms with Gasteiger partial charge in [0.05, 0.1) is 12.4 Å². The molecule has 0 heterocycles. The number of carbonyl (C=O) groups is 2. The highest BCUT2D eigenvalue weighted by Crippen LogP contribution is 1.93. The van der Waals surface area contributed by atoms with E-state index in [-0.39, 0.29) is 11.9 Å². The Morgan fingerprint density at radius 1 is 1.43 bits per heavy atom. The van der Waals surface area contributed by atoms with Crippen LogP contribution < -0.4 is 5.32 Å². The summed E-state index contributed by atoms with van der Waals surface area (Å²) in [6, 6.07) is 0. The van der Waals surface area contributed by atoms with Gasteiger partial charge in [0.15, 0.2) is 0 Å². The highest BCUT2D eigenvalue weighted by atomic mass is 32.2. The second-order valence-electron chi connectivity index (χ2n) is 2.69. The molecule has 0 aliphatic rings. The van der Waals surface area contributed by atoms with Gasteiger partial charge in [0.2, 0.25) is 5.91 Å². The molecule has 82 valence electrons. The second kappa shape index (κ2) is 8.87. The summed E-state index contributed by atoms with van der Waals surface area (Å²) in [6.07, 6.45) is 2.88. The predicted molar refractivity (Wildman–Crippen MR) is 57.3 cm³/mol. The highest BCUT2D eigenvalue weighted by Gasteiger charge is 2.02. The zero-order valence-corrected chi connectivity index (χ0v) is 9.49. The smallest absolute Gasteiger partial charge is 0.305 e. The van der Waals surface area contributed by atoms with Gasteiger partial charge in [-0.1, -0.05) is 0 Å². The maximum Gasteiger partial charge on any atom is 0.305 e. The minimum atomic E-state index is -0.202. The normalized spacial score (nSPS) is 9.57. The number of esters is 1. The van der Waals surface area contributed by atoms with Crippen molar-refractivity contribution in [1.29, 1.82) is 0 Å². The number of amides is 1. The summed E-state index contributed by atoms with van der Waals surface area (Å²) in [4.78, 5) is 21.8. The van der Waals surface area contributed by atoms with Crippen molar-refractivity contribution in [2.75, 3.05) is 25.2 Å². The predicted octanol–water partition coefficient (Wildman–Crippen LogP) is 0.809. The van der Waals surface area contributed by atoms with Crippen molar-refractivity contribution in [3.05, 3.63) is 0 Å². The van der Waals surface area contributed by atoms with Crippen LogP contribution in [0.15, 0.2) is 0 Å². The Hall–Kier alpha value is -0.710. The van der Waals surface area contributed by atoms with Gasteiger partial charge >= 0.3 is 5.97 Å². The van der Waals surface area contributed by atoms with Crippen molar-refractivity contribution < 1.29 is 14.3 Å². The van der Waals surface area contributed by atoms with E-state index in [2.05, 4.69) is 5.32 Å². The van der Waals surface area contributed by atoms with E-state index in [0.717, 1.165) is 0 Å². The minimum Gasteiger partial charge on any atom is -0.466 e. The SMILES string of the molecule is CCOC(=O)CCCNC(=O)CSC. The Labute approximate surface area is 88.8 Å². The molecule has 0 aliphatic carbocycles. The van der Waals surface area contributed by atoms with Crippen LogP contribution in [-0.2, 0) is 14.3 Å². The van der Waals surface area contributed by atoms with Crippen LogP contribution in [0.2, 0.25) is 0 Å². The topological polar surface area (TPSA) is 55.4 Å². The molecule has 0 aromatic carbocycles. The molecule has 1 N–H and O–H groups in total. The number of carbonyl (C=O) groups excluding carboxylic acids is 2. The lowest BCUT2D eigenvalue weighted by molar-refractivity contribution is -0.143. The molecule has 0 bridgehead atoms. The first kappa shape index (κ1) is 13.3. The largest absolute Gasteiger partial charge is 0.466 e. The highest BCUT2D eigenvalue weighted by molar-refractivity contribution is 7.99. The lowest BCUT2D eigenvalue weighted by atomic mass is 10.3. The first-order valence-corrected chi connectivity index (χ1v) is 6.01. The average Bonchev–Trinajstić information content (AvgIpc) is 2.13. The van der Waals surface area contributed by atoms with Crippen molar-refractivity contribution in [2.24, 2.45) is 0 Å². The summed E-state index contributed by atoms with van der Waals surface area (Å²) in [5.41, 5.74) is 0. The third-order valence-corrected chi connectivity index (χ3v) is 2.01. The van der Waals surface area contributed by atoms with Crippen molar-refractivity contribution in [1.82, 2.24) is 5.32 Å². The molecular formula is C9H17NO3S. The molecular weight excluding hydrogens is 202 g/mol. The van der Waals surface area contributed by atoms with Gasteiger partial charge in [0.1, 0.15) is 0 Å². The number of ether oxygens (including phenoxy) is 1. The quantitative estimate of drug-likeness (QED) is 0.508. The summed E-state index contributed by atoms with van der Waals surface area (Å²) in [7, 11) is 0. The average molecular weight is 219 g/mol. The van der Waals surface area contributed by atoms with Crippen molar-refractivity contribution >= 4 is 23.6 Å². The Kier molecular flexibility index (Phi) is 8.42. The maximum absolute atomic E-state index is 11.0. The van der Waals surface area contributed by atoms with Gasteiger partial charge in [-0.2, -0.15) is 11.8 Å². The monoisotopic (exact) mass is 219 g/mol. The van der Waals surface area contributed by atoms with E-state index >= 15 is 0 Å². The summed E-state index contributed by atoms with van der Waals surface area (Å²) in [5, 5.41) is 2.71. The van der Waals surface area contributed by atoms with E-state index in [9.17, 15) is 9.59 Å². The Morgan fingerprint density at radius 2 is 2.14 bits per heavy atom. The van der Waals surface area contributed by atoms with E-state index in [0.29, 0.717) is 31.7 Å². The van der Waals surface area contributed by atoms with Crippen LogP contribution in [-0.4, -0.2) is 37.0 Å². The molecule has 0 rings (SSSR count). The van der Waals surface area contributed by atoms with Crippen LogP contribution in [0, 0.1) is 0 Å². The number of hydrogen-bond donors (Lipinski definition) is 1. The molecule has 0 radical (unpaired) electrons. The fourth-order valence-electron chi connectivity index (χ4n) is 0.876. The molecule has 14 heavy (non-hydrogen) atoms. The fraction of sp³-hybridized carbons (Fsp3) is 0.778. The summed E-state index contributed by atoms with van der Waals surface area (Å²) in [6.45, 7) is 2.73. The Bertz CT molecular complexity index is 165. The third kappa shape index (κ3) is 7.91. The molecule has 0 saturated heterocycles. The van der Waals surface area contributed by atoms with E-state index < -0.39 is 0 Å². The molecule has 0 fully saturated rings. The second-order valence-corrected chi connectivity index (χ2v) is 3.56. The van der Waals surface area contributed by atoms with Crippen molar-refractivity contribution in [3.63, 3.8) is 0 Å². The molecule has 0 atom stereocenters. The Morgan fingerprint density at radius 3 is 2.71 bits per heavy atom. The number of rotatable bonds is 7. The van der Waals surface area contributed by atoms with Crippen molar-refractivity contribution in [2.45, 2.75) is 19.8 Å². The molecule has 0 saturated carbocycles. The van der Waals surface area contributed by atoms with Crippen molar-refractivity contribution in [3.8, 4) is 0 Å². The molecule has 4 nitrogen and oxygen atoms in total.